The lowest BCUT2D eigenvalue weighted by atomic mass is 10.1. The predicted octanol–water partition coefficient (Wildman–Crippen LogP) is 0.753. The summed E-state index contributed by atoms with van der Waals surface area (Å²) in [6.45, 7) is 1.72. The van der Waals surface area contributed by atoms with E-state index in [9.17, 15) is 0 Å². The summed E-state index contributed by atoms with van der Waals surface area (Å²) in [6, 6.07) is 2.05. The fourth-order valence-electron chi connectivity index (χ4n) is 0.739. The van der Waals surface area contributed by atoms with Gasteiger partial charge in [-0.15, -0.1) is 11.8 Å². The summed E-state index contributed by atoms with van der Waals surface area (Å²) in [6.07, 6.45) is 3.66. The second-order valence-corrected chi connectivity index (χ2v) is 4.22. The van der Waals surface area contributed by atoms with Gasteiger partial charge in [-0.3, -0.25) is 4.68 Å². The van der Waals surface area contributed by atoms with E-state index in [0.717, 1.165) is 4.90 Å². The molecule has 1 rings (SSSR count). The summed E-state index contributed by atoms with van der Waals surface area (Å²) in [5.74, 6) is 0.579. The first-order chi connectivity index (χ1) is 6.03. The van der Waals surface area contributed by atoms with Crippen molar-refractivity contribution < 1.29 is 0 Å². The maximum atomic E-state index is 8.67. The highest BCUT2D eigenvalue weighted by molar-refractivity contribution is 7.99. The lowest BCUT2D eigenvalue weighted by Crippen LogP contribution is -2.36. The van der Waals surface area contributed by atoms with E-state index in [1.165, 1.54) is 0 Å². The van der Waals surface area contributed by atoms with E-state index in [1.54, 1.807) is 29.6 Å². The molecule has 0 amide bonds. The molecule has 0 bridgehead atoms. The smallest absolute Gasteiger partial charge is 0.110 e. The predicted molar refractivity (Wildman–Crippen MR) is 52.1 cm³/mol. The van der Waals surface area contributed by atoms with Gasteiger partial charge < -0.3 is 5.73 Å². The van der Waals surface area contributed by atoms with Gasteiger partial charge in [0.05, 0.1) is 12.3 Å². The number of thioether (sulfide) groups is 1. The first-order valence-corrected chi connectivity index (χ1v) is 4.84. The summed E-state index contributed by atoms with van der Waals surface area (Å²) >= 11 is 1.54. The molecule has 0 spiro atoms. The number of nitrogens with two attached hydrogens (primary N) is 1. The van der Waals surface area contributed by atoms with Crippen LogP contribution in [0.1, 0.15) is 6.92 Å². The maximum absolute atomic E-state index is 8.67. The number of nitrogens with zero attached hydrogens (tertiary/aromatic N) is 3. The van der Waals surface area contributed by atoms with Crippen molar-refractivity contribution in [2.45, 2.75) is 17.4 Å². The molecule has 1 atom stereocenters. The Morgan fingerprint density at radius 3 is 3.00 bits per heavy atom. The third-order valence-corrected chi connectivity index (χ3v) is 2.76. The SMILES string of the molecule is Cn1cc(SCC(C)(N)C#N)cn1. The lowest BCUT2D eigenvalue weighted by molar-refractivity contribution is 0.682. The highest BCUT2D eigenvalue weighted by atomic mass is 32.2. The Balaban J connectivity index is 2.49. The van der Waals surface area contributed by atoms with Gasteiger partial charge in [-0.25, -0.2) is 0 Å². The van der Waals surface area contributed by atoms with Gasteiger partial charge >= 0.3 is 0 Å². The first-order valence-electron chi connectivity index (χ1n) is 3.85. The summed E-state index contributed by atoms with van der Waals surface area (Å²) < 4.78 is 1.72. The van der Waals surface area contributed by atoms with Crippen LogP contribution in [0.25, 0.3) is 0 Å². The molecule has 1 heterocycles. The third kappa shape index (κ3) is 3.09. The summed E-state index contributed by atoms with van der Waals surface area (Å²) in [4.78, 5) is 1.04. The van der Waals surface area contributed by atoms with Gasteiger partial charge in [-0.05, 0) is 6.92 Å². The van der Waals surface area contributed by atoms with E-state index in [4.69, 9.17) is 11.0 Å². The Bertz CT molecular complexity index is 323. The van der Waals surface area contributed by atoms with Gasteiger partial charge in [0.1, 0.15) is 5.54 Å². The molecule has 0 aliphatic heterocycles. The molecule has 0 radical (unpaired) electrons. The molecule has 0 fully saturated rings. The summed E-state index contributed by atoms with van der Waals surface area (Å²) in [5.41, 5.74) is 4.90. The Morgan fingerprint density at radius 2 is 2.54 bits per heavy atom. The molecule has 1 unspecified atom stereocenters. The van der Waals surface area contributed by atoms with E-state index >= 15 is 0 Å². The molecular formula is C8H12N4S. The third-order valence-electron chi connectivity index (χ3n) is 1.48. The van der Waals surface area contributed by atoms with E-state index in [-0.39, 0.29) is 0 Å². The van der Waals surface area contributed by atoms with Crippen LogP contribution in [0.5, 0.6) is 0 Å². The van der Waals surface area contributed by atoms with Crippen LogP contribution >= 0.6 is 11.8 Å². The quantitative estimate of drug-likeness (QED) is 0.724. The van der Waals surface area contributed by atoms with Crippen molar-refractivity contribution in [3.63, 3.8) is 0 Å². The van der Waals surface area contributed by atoms with Crippen molar-refractivity contribution >= 4 is 11.8 Å². The topological polar surface area (TPSA) is 67.6 Å². The number of aryl methyl sites for hydroxylation is 1. The molecule has 0 aromatic carbocycles. The van der Waals surface area contributed by atoms with Crippen molar-refractivity contribution in [2.75, 3.05) is 5.75 Å². The molecule has 5 heteroatoms. The van der Waals surface area contributed by atoms with E-state index in [0.29, 0.717) is 5.75 Å². The van der Waals surface area contributed by atoms with Crippen LogP contribution < -0.4 is 5.73 Å². The van der Waals surface area contributed by atoms with Crippen molar-refractivity contribution in [2.24, 2.45) is 12.8 Å². The monoisotopic (exact) mass is 196 g/mol. The van der Waals surface area contributed by atoms with Crippen LogP contribution in [0.2, 0.25) is 0 Å². The molecular weight excluding hydrogens is 184 g/mol. The minimum atomic E-state index is -0.763. The van der Waals surface area contributed by atoms with Gasteiger partial charge in [-0.2, -0.15) is 10.4 Å². The molecule has 1 aromatic rings. The Morgan fingerprint density at radius 1 is 1.85 bits per heavy atom. The molecule has 0 aliphatic rings. The van der Waals surface area contributed by atoms with E-state index < -0.39 is 5.54 Å². The van der Waals surface area contributed by atoms with E-state index in [2.05, 4.69) is 5.10 Å². The van der Waals surface area contributed by atoms with Crippen LogP contribution in [0.4, 0.5) is 0 Å². The number of aromatic nitrogens is 2. The van der Waals surface area contributed by atoms with Crippen LogP contribution in [0.15, 0.2) is 17.3 Å². The largest absolute Gasteiger partial charge is 0.313 e. The van der Waals surface area contributed by atoms with Gasteiger partial charge in [0.25, 0.3) is 0 Å². The number of hydrogen-bond donors (Lipinski definition) is 1. The number of rotatable bonds is 3. The minimum absolute atomic E-state index is 0.579. The molecule has 0 saturated heterocycles. The number of hydrogen-bond acceptors (Lipinski definition) is 4. The lowest BCUT2D eigenvalue weighted by Gasteiger charge is -2.12. The zero-order valence-corrected chi connectivity index (χ0v) is 8.51. The Hall–Kier alpha value is -0.990. The zero-order chi connectivity index (χ0) is 9.90. The number of nitriles is 1. The van der Waals surface area contributed by atoms with Gasteiger partial charge in [-0.1, -0.05) is 0 Å². The minimum Gasteiger partial charge on any atom is -0.313 e. The van der Waals surface area contributed by atoms with Crippen molar-refractivity contribution in [1.29, 1.82) is 5.26 Å². The van der Waals surface area contributed by atoms with Gasteiger partial charge in [0.15, 0.2) is 0 Å². The molecule has 1 aromatic heterocycles. The maximum Gasteiger partial charge on any atom is 0.110 e. The van der Waals surface area contributed by atoms with Crippen molar-refractivity contribution in [3.8, 4) is 6.07 Å². The fourth-order valence-corrected chi connectivity index (χ4v) is 1.62. The molecule has 0 saturated carbocycles. The second-order valence-electron chi connectivity index (χ2n) is 3.17. The molecule has 70 valence electrons. The summed E-state index contributed by atoms with van der Waals surface area (Å²) in [5, 5.41) is 12.7. The molecule has 4 nitrogen and oxygen atoms in total. The average molecular weight is 196 g/mol. The van der Waals surface area contributed by atoms with Gasteiger partial charge in [0.2, 0.25) is 0 Å². The molecule has 2 N–H and O–H groups in total. The Labute approximate surface area is 81.7 Å². The Kier molecular flexibility index (Phi) is 2.96. The standard InChI is InChI=1S/C8H12N4S/c1-8(10,5-9)6-13-7-3-11-12(2)4-7/h3-4H,6,10H2,1-2H3. The van der Waals surface area contributed by atoms with Crippen LogP contribution in [0, 0.1) is 11.3 Å². The highest BCUT2D eigenvalue weighted by Crippen LogP contribution is 2.19. The zero-order valence-electron chi connectivity index (χ0n) is 7.69. The van der Waals surface area contributed by atoms with E-state index in [1.807, 2.05) is 19.3 Å². The van der Waals surface area contributed by atoms with Crippen molar-refractivity contribution in [1.82, 2.24) is 9.78 Å². The first kappa shape index (κ1) is 10.1. The van der Waals surface area contributed by atoms with Crippen LogP contribution in [-0.2, 0) is 7.05 Å². The van der Waals surface area contributed by atoms with Crippen molar-refractivity contribution in [3.05, 3.63) is 12.4 Å². The fraction of sp³-hybridized carbons (Fsp3) is 0.500. The molecule has 0 aliphatic carbocycles. The van der Waals surface area contributed by atoms with Gasteiger partial charge in [0, 0.05) is 23.9 Å². The normalized spacial score (nSPS) is 14.9. The highest BCUT2D eigenvalue weighted by Gasteiger charge is 2.17. The summed E-state index contributed by atoms with van der Waals surface area (Å²) in [7, 11) is 1.86. The van der Waals surface area contributed by atoms with Crippen LogP contribution in [0.3, 0.4) is 0 Å². The second kappa shape index (κ2) is 3.81. The molecule has 13 heavy (non-hydrogen) atoms. The average Bonchev–Trinajstić information content (AvgIpc) is 2.48. The van der Waals surface area contributed by atoms with Crippen LogP contribution in [-0.4, -0.2) is 21.1 Å².